The van der Waals surface area contributed by atoms with Crippen molar-refractivity contribution in [1.82, 2.24) is 5.32 Å². The fraction of sp³-hybridized carbons (Fsp3) is 0.294. The molecule has 23 heavy (non-hydrogen) atoms. The van der Waals surface area contributed by atoms with Gasteiger partial charge in [0.05, 0.1) is 31.3 Å². The molecular formula is C17H19NO5. The number of phenolic OH excluding ortho intramolecular Hbond substituents is 1. The van der Waals surface area contributed by atoms with E-state index in [1.165, 1.54) is 20.3 Å². The van der Waals surface area contributed by atoms with Gasteiger partial charge in [0, 0.05) is 17.0 Å². The van der Waals surface area contributed by atoms with Crippen molar-refractivity contribution >= 4 is 11.9 Å². The summed E-state index contributed by atoms with van der Waals surface area (Å²) < 4.78 is 9.71. The van der Waals surface area contributed by atoms with Gasteiger partial charge in [0.25, 0.3) is 0 Å². The Morgan fingerprint density at radius 2 is 1.48 bits per heavy atom. The Kier molecular flexibility index (Phi) is 4.74. The van der Waals surface area contributed by atoms with Crippen LogP contribution >= 0.6 is 0 Å². The molecule has 1 heterocycles. The number of allylic oxidation sites excluding steroid dienone is 2. The Morgan fingerprint density at radius 3 is 1.91 bits per heavy atom. The van der Waals surface area contributed by atoms with Gasteiger partial charge >= 0.3 is 11.9 Å². The molecule has 6 heteroatoms. The van der Waals surface area contributed by atoms with Gasteiger partial charge in [-0.2, -0.15) is 0 Å². The number of rotatable bonds is 3. The SMILES string of the molecule is COC(=O)C1=C(C)NC(C)=C(C(=O)OC)C1c1ccccc1O. The first-order valence-corrected chi connectivity index (χ1v) is 7.05. The van der Waals surface area contributed by atoms with Crippen LogP contribution in [0, 0.1) is 0 Å². The fourth-order valence-electron chi connectivity index (χ4n) is 2.80. The summed E-state index contributed by atoms with van der Waals surface area (Å²) in [6.07, 6.45) is 0. The molecule has 0 spiro atoms. The second kappa shape index (κ2) is 6.56. The van der Waals surface area contributed by atoms with Crippen LogP contribution in [0.1, 0.15) is 25.3 Å². The largest absolute Gasteiger partial charge is 0.508 e. The summed E-state index contributed by atoms with van der Waals surface area (Å²) in [5.74, 6) is -1.92. The summed E-state index contributed by atoms with van der Waals surface area (Å²) in [6.45, 7) is 3.44. The normalized spacial score (nSPS) is 15.3. The van der Waals surface area contributed by atoms with Crippen molar-refractivity contribution in [2.24, 2.45) is 0 Å². The van der Waals surface area contributed by atoms with Crippen molar-refractivity contribution in [3.05, 3.63) is 52.4 Å². The van der Waals surface area contributed by atoms with Crippen LogP contribution in [0.3, 0.4) is 0 Å². The predicted octanol–water partition coefficient (Wildman–Crippen LogP) is 1.97. The third-order valence-corrected chi connectivity index (χ3v) is 3.82. The zero-order valence-corrected chi connectivity index (χ0v) is 13.5. The van der Waals surface area contributed by atoms with Crippen molar-refractivity contribution in [3.8, 4) is 5.75 Å². The van der Waals surface area contributed by atoms with Crippen LogP contribution in [-0.4, -0.2) is 31.3 Å². The molecule has 1 aliphatic rings. The van der Waals surface area contributed by atoms with Crippen LogP contribution in [0.4, 0.5) is 0 Å². The summed E-state index contributed by atoms with van der Waals surface area (Å²) >= 11 is 0. The molecule has 0 aliphatic carbocycles. The van der Waals surface area contributed by atoms with Gasteiger partial charge in [-0.3, -0.25) is 0 Å². The topological polar surface area (TPSA) is 84.9 Å². The number of aromatic hydroxyl groups is 1. The minimum Gasteiger partial charge on any atom is -0.508 e. The molecule has 1 aliphatic heterocycles. The third-order valence-electron chi connectivity index (χ3n) is 3.82. The van der Waals surface area contributed by atoms with Crippen molar-refractivity contribution < 1.29 is 24.2 Å². The van der Waals surface area contributed by atoms with Gasteiger partial charge in [-0.15, -0.1) is 0 Å². The lowest BCUT2D eigenvalue weighted by atomic mass is 9.80. The lowest BCUT2D eigenvalue weighted by molar-refractivity contribution is -0.137. The molecule has 0 aromatic heterocycles. The Morgan fingerprint density at radius 1 is 1.00 bits per heavy atom. The molecule has 0 unspecified atom stereocenters. The first-order chi connectivity index (χ1) is 10.9. The summed E-state index contributed by atoms with van der Waals surface area (Å²) in [5, 5.41) is 13.2. The quantitative estimate of drug-likeness (QED) is 0.829. The van der Waals surface area contributed by atoms with E-state index < -0.39 is 17.9 Å². The van der Waals surface area contributed by atoms with E-state index in [1.807, 2.05) is 0 Å². The van der Waals surface area contributed by atoms with E-state index in [9.17, 15) is 14.7 Å². The highest BCUT2D eigenvalue weighted by Crippen LogP contribution is 2.42. The molecule has 0 amide bonds. The van der Waals surface area contributed by atoms with Gasteiger partial charge in [-0.1, -0.05) is 18.2 Å². The molecule has 2 N–H and O–H groups in total. The highest BCUT2D eigenvalue weighted by atomic mass is 16.5. The number of carbonyl (C=O) groups is 2. The molecule has 6 nitrogen and oxygen atoms in total. The Bertz CT molecular complexity index is 679. The summed E-state index contributed by atoms with van der Waals surface area (Å²) in [5.41, 5.74) is 2.10. The summed E-state index contributed by atoms with van der Waals surface area (Å²) in [7, 11) is 2.54. The lowest BCUT2D eigenvalue weighted by Crippen LogP contribution is -2.32. The van der Waals surface area contributed by atoms with E-state index in [2.05, 4.69) is 5.32 Å². The number of phenols is 1. The van der Waals surface area contributed by atoms with E-state index in [-0.39, 0.29) is 16.9 Å². The average molecular weight is 317 g/mol. The van der Waals surface area contributed by atoms with Gasteiger partial charge in [-0.05, 0) is 19.9 Å². The second-order valence-corrected chi connectivity index (χ2v) is 5.18. The van der Waals surface area contributed by atoms with Crippen LogP contribution in [0.15, 0.2) is 46.8 Å². The summed E-state index contributed by atoms with van der Waals surface area (Å²) in [4.78, 5) is 24.5. The van der Waals surface area contributed by atoms with Crippen LogP contribution < -0.4 is 5.32 Å². The Labute approximate surface area is 134 Å². The highest BCUT2D eigenvalue weighted by molar-refractivity contribution is 6.00. The molecular weight excluding hydrogens is 298 g/mol. The Balaban J connectivity index is 2.73. The molecule has 1 aromatic carbocycles. The number of benzene rings is 1. The maximum absolute atomic E-state index is 12.3. The molecule has 0 atom stereocenters. The second-order valence-electron chi connectivity index (χ2n) is 5.18. The van der Waals surface area contributed by atoms with Crippen LogP contribution in [-0.2, 0) is 19.1 Å². The molecule has 0 radical (unpaired) electrons. The minimum absolute atomic E-state index is 0.0113. The smallest absolute Gasteiger partial charge is 0.336 e. The summed E-state index contributed by atoms with van der Waals surface area (Å²) in [6, 6.07) is 6.57. The number of hydrogen-bond donors (Lipinski definition) is 2. The zero-order chi connectivity index (χ0) is 17.1. The molecule has 0 saturated carbocycles. The molecule has 0 fully saturated rings. The number of hydrogen-bond acceptors (Lipinski definition) is 6. The molecule has 2 rings (SSSR count). The van der Waals surface area contributed by atoms with Crippen molar-refractivity contribution in [2.75, 3.05) is 14.2 Å². The van der Waals surface area contributed by atoms with Crippen molar-refractivity contribution in [3.63, 3.8) is 0 Å². The maximum Gasteiger partial charge on any atom is 0.336 e. The van der Waals surface area contributed by atoms with E-state index in [0.29, 0.717) is 17.0 Å². The number of esters is 2. The predicted molar refractivity (Wildman–Crippen MR) is 83.4 cm³/mol. The maximum atomic E-state index is 12.3. The number of dihydropyridines is 1. The lowest BCUT2D eigenvalue weighted by Gasteiger charge is -2.30. The first-order valence-electron chi connectivity index (χ1n) is 7.05. The van der Waals surface area contributed by atoms with Crippen LogP contribution in [0.25, 0.3) is 0 Å². The van der Waals surface area contributed by atoms with Gasteiger partial charge in [-0.25, -0.2) is 9.59 Å². The fourth-order valence-corrected chi connectivity index (χ4v) is 2.80. The number of carbonyl (C=O) groups excluding carboxylic acids is 2. The van der Waals surface area contributed by atoms with E-state index >= 15 is 0 Å². The van der Waals surface area contributed by atoms with E-state index in [0.717, 1.165) is 0 Å². The van der Waals surface area contributed by atoms with E-state index in [4.69, 9.17) is 9.47 Å². The Hall–Kier alpha value is -2.76. The molecule has 0 saturated heterocycles. The third kappa shape index (κ3) is 2.92. The van der Waals surface area contributed by atoms with Crippen LogP contribution in [0.5, 0.6) is 5.75 Å². The zero-order valence-electron chi connectivity index (χ0n) is 13.5. The monoisotopic (exact) mass is 317 g/mol. The molecule has 1 aromatic rings. The number of para-hydroxylation sites is 1. The van der Waals surface area contributed by atoms with Crippen molar-refractivity contribution in [1.29, 1.82) is 0 Å². The highest BCUT2D eigenvalue weighted by Gasteiger charge is 2.38. The van der Waals surface area contributed by atoms with Gasteiger partial charge in [0.2, 0.25) is 0 Å². The van der Waals surface area contributed by atoms with Gasteiger partial charge < -0.3 is 19.9 Å². The van der Waals surface area contributed by atoms with Gasteiger partial charge in [0.15, 0.2) is 0 Å². The van der Waals surface area contributed by atoms with Gasteiger partial charge in [0.1, 0.15) is 5.75 Å². The number of ether oxygens (including phenoxy) is 2. The molecule has 122 valence electrons. The first kappa shape index (κ1) is 16.6. The number of methoxy groups -OCH3 is 2. The molecule has 0 bridgehead atoms. The standard InChI is InChI=1S/C17H19NO5/c1-9-13(16(20)22-3)15(11-7-5-6-8-12(11)19)14(10(2)18-9)17(21)23-4/h5-8,15,18-19H,1-4H3. The average Bonchev–Trinajstić information content (AvgIpc) is 2.53. The number of nitrogens with one attached hydrogen (secondary N) is 1. The van der Waals surface area contributed by atoms with Crippen LogP contribution in [0.2, 0.25) is 0 Å². The minimum atomic E-state index is -0.766. The van der Waals surface area contributed by atoms with Crippen molar-refractivity contribution in [2.45, 2.75) is 19.8 Å². The van der Waals surface area contributed by atoms with E-state index in [1.54, 1.807) is 32.0 Å².